The Balaban J connectivity index is 1.69. The van der Waals surface area contributed by atoms with E-state index in [1.54, 1.807) is 18.2 Å². The van der Waals surface area contributed by atoms with E-state index in [0.717, 1.165) is 22.9 Å². The molecule has 3 aromatic rings. The topological polar surface area (TPSA) is 71.3 Å². The molecule has 146 valence electrons. The zero-order valence-corrected chi connectivity index (χ0v) is 16.9. The maximum atomic E-state index is 12.6. The Kier molecular flexibility index (Phi) is 6.05. The number of furan rings is 1. The van der Waals surface area contributed by atoms with Gasteiger partial charge in [0.05, 0.1) is 0 Å². The van der Waals surface area contributed by atoms with E-state index in [2.05, 4.69) is 10.6 Å². The van der Waals surface area contributed by atoms with Crippen molar-refractivity contribution in [1.82, 2.24) is 5.32 Å². The second-order valence-electron chi connectivity index (χ2n) is 6.88. The van der Waals surface area contributed by atoms with E-state index in [4.69, 9.17) is 16.0 Å². The molecular formula is C22H23ClN2O3. The van der Waals surface area contributed by atoms with Gasteiger partial charge in [-0.1, -0.05) is 37.6 Å². The van der Waals surface area contributed by atoms with Crippen LogP contribution in [0.15, 0.2) is 46.9 Å². The van der Waals surface area contributed by atoms with Crippen molar-refractivity contribution in [3.8, 4) is 0 Å². The van der Waals surface area contributed by atoms with Crippen molar-refractivity contribution in [1.29, 1.82) is 0 Å². The average molecular weight is 399 g/mol. The summed E-state index contributed by atoms with van der Waals surface area (Å²) in [6.45, 7) is 6.03. The van der Waals surface area contributed by atoms with E-state index < -0.39 is 0 Å². The number of hydrogen-bond donors (Lipinski definition) is 2. The van der Waals surface area contributed by atoms with E-state index in [-0.39, 0.29) is 23.5 Å². The molecule has 0 fully saturated rings. The third kappa shape index (κ3) is 4.37. The Labute approximate surface area is 169 Å². The Morgan fingerprint density at radius 2 is 1.96 bits per heavy atom. The molecule has 0 saturated heterocycles. The van der Waals surface area contributed by atoms with Gasteiger partial charge in [-0.05, 0) is 49.2 Å². The predicted octanol–water partition coefficient (Wildman–Crippen LogP) is 5.31. The number of halogens is 1. The maximum absolute atomic E-state index is 12.6. The summed E-state index contributed by atoms with van der Waals surface area (Å²) in [6, 6.07) is 12.7. The fourth-order valence-electron chi connectivity index (χ4n) is 2.88. The average Bonchev–Trinajstić information content (AvgIpc) is 3.02. The van der Waals surface area contributed by atoms with Crippen molar-refractivity contribution in [3.05, 3.63) is 64.4 Å². The summed E-state index contributed by atoms with van der Waals surface area (Å²) >= 11 is 6.03. The van der Waals surface area contributed by atoms with Gasteiger partial charge in [0.15, 0.2) is 5.76 Å². The van der Waals surface area contributed by atoms with Gasteiger partial charge in [0.25, 0.3) is 5.91 Å². The summed E-state index contributed by atoms with van der Waals surface area (Å²) in [5.41, 5.74) is 2.98. The molecule has 2 N–H and O–H groups in total. The largest absolute Gasteiger partial charge is 0.451 e. The minimum absolute atomic E-state index is 0.0137. The van der Waals surface area contributed by atoms with Crippen LogP contribution in [0.25, 0.3) is 11.0 Å². The normalized spacial score (nSPS) is 12.0. The number of hydrogen-bond acceptors (Lipinski definition) is 3. The van der Waals surface area contributed by atoms with Gasteiger partial charge in [0.1, 0.15) is 5.58 Å². The molecule has 2 amide bonds. The first-order chi connectivity index (χ1) is 13.4. The molecule has 2 aromatic carbocycles. The van der Waals surface area contributed by atoms with Crippen molar-refractivity contribution in [3.63, 3.8) is 0 Å². The van der Waals surface area contributed by atoms with Crippen LogP contribution in [-0.2, 0) is 11.3 Å². The highest BCUT2D eigenvalue weighted by atomic mass is 35.5. The van der Waals surface area contributed by atoms with Gasteiger partial charge in [-0.2, -0.15) is 0 Å². The van der Waals surface area contributed by atoms with Crippen LogP contribution in [-0.4, -0.2) is 11.8 Å². The molecule has 1 heterocycles. The first-order valence-electron chi connectivity index (χ1n) is 9.25. The number of fused-ring (bicyclic) bond motifs is 1. The second-order valence-corrected chi connectivity index (χ2v) is 7.31. The molecule has 3 rings (SSSR count). The highest BCUT2D eigenvalue weighted by Crippen LogP contribution is 2.27. The zero-order valence-electron chi connectivity index (χ0n) is 16.1. The lowest BCUT2D eigenvalue weighted by atomic mass is 10.1. The number of nitrogens with one attached hydrogen (secondary N) is 2. The molecule has 0 radical (unpaired) electrons. The lowest BCUT2D eigenvalue weighted by Gasteiger charge is -2.11. The quantitative estimate of drug-likeness (QED) is 0.591. The molecule has 0 saturated carbocycles. The van der Waals surface area contributed by atoms with Crippen molar-refractivity contribution < 1.29 is 14.0 Å². The molecule has 28 heavy (non-hydrogen) atoms. The SMILES string of the molecule is CCC(C)C(=O)Nc1cccc(CNC(=O)c2oc3ccc(Cl)cc3c2C)c1. The van der Waals surface area contributed by atoms with Crippen LogP contribution < -0.4 is 10.6 Å². The highest BCUT2D eigenvalue weighted by Gasteiger charge is 2.18. The lowest BCUT2D eigenvalue weighted by Crippen LogP contribution is -2.23. The number of aryl methyl sites for hydroxylation is 1. The van der Waals surface area contributed by atoms with Gasteiger partial charge in [-0.25, -0.2) is 0 Å². The molecule has 0 bridgehead atoms. The van der Waals surface area contributed by atoms with Crippen LogP contribution in [0.2, 0.25) is 5.02 Å². The van der Waals surface area contributed by atoms with Crippen LogP contribution in [0, 0.1) is 12.8 Å². The molecule has 1 aromatic heterocycles. The van der Waals surface area contributed by atoms with E-state index in [1.165, 1.54) is 0 Å². The summed E-state index contributed by atoms with van der Waals surface area (Å²) in [5.74, 6) is -0.0782. The smallest absolute Gasteiger partial charge is 0.287 e. The predicted molar refractivity (Wildman–Crippen MR) is 112 cm³/mol. The van der Waals surface area contributed by atoms with E-state index in [1.807, 2.05) is 45.0 Å². The van der Waals surface area contributed by atoms with Crippen molar-refractivity contribution in [2.45, 2.75) is 33.7 Å². The van der Waals surface area contributed by atoms with Gasteiger partial charge in [-0.15, -0.1) is 0 Å². The molecule has 0 aliphatic carbocycles. The summed E-state index contributed by atoms with van der Waals surface area (Å²) in [7, 11) is 0. The van der Waals surface area contributed by atoms with Gasteiger partial charge in [-0.3, -0.25) is 9.59 Å². The Bertz CT molecular complexity index is 1030. The summed E-state index contributed by atoms with van der Waals surface area (Å²) in [5, 5.41) is 7.19. The first kappa shape index (κ1) is 20.0. The third-order valence-corrected chi connectivity index (χ3v) is 5.05. The van der Waals surface area contributed by atoms with Crippen LogP contribution in [0.5, 0.6) is 0 Å². The Hall–Kier alpha value is -2.79. The molecule has 0 spiro atoms. The minimum Gasteiger partial charge on any atom is -0.451 e. The first-order valence-corrected chi connectivity index (χ1v) is 9.63. The van der Waals surface area contributed by atoms with Crippen molar-refractivity contribution in [2.75, 3.05) is 5.32 Å². The summed E-state index contributed by atoms with van der Waals surface area (Å²) < 4.78 is 5.69. The molecule has 1 unspecified atom stereocenters. The monoisotopic (exact) mass is 398 g/mol. The zero-order chi connectivity index (χ0) is 20.3. The van der Waals surface area contributed by atoms with Crippen molar-refractivity contribution in [2.24, 2.45) is 5.92 Å². The minimum atomic E-state index is -0.293. The fraction of sp³-hybridized carbons (Fsp3) is 0.273. The van der Waals surface area contributed by atoms with E-state index in [0.29, 0.717) is 22.8 Å². The van der Waals surface area contributed by atoms with Gasteiger partial charge < -0.3 is 15.1 Å². The van der Waals surface area contributed by atoms with E-state index >= 15 is 0 Å². The molecule has 0 aliphatic rings. The number of carbonyl (C=O) groups is 2. The van der Waals surface area contributed by atoms with Crippen LogP contribution >= 0.6 is 11.6 Å². The van der Waals surface area contributed by atoms with E-state index in [9.17, 15) is 9.59 Å². The second kappa shape index (κ2) is 8.48. The lowest BCUT2D eigenvalue weighted by molar-refractivity contribution is -0.119. The highest BCUT2D eigenvalue weighted by molar-refractivity contribution is 6.31. The Morgan fingerprint density at radius 3 is 2.71 bits per heavy atom. The maximum Gasteiger partial charge on any atom is 0.287 e. The standard InChI is InChI=1S/C22H23ClN2O3/c1-4-13(2)21(26)25-17-7-5-6-15(10-17)12-24-22(27)20-14(3)18-11-16(23)8-9-19(18)28-20/h5-11,13H,4,12H2,1-3H3,(H,24,27)(H,25,26). The van der Waals surface area contributed by atoms with Gasteiger partial charge >= 0.3 is 0 Å². The summed E-state index contributed by atoms with van der Waals surface area (Å²) in [6.07, 6.45) is 0.781. The number of rotatable bonds is 6. The van der Waals surface area contributed by atoms with Crippen LogP contribution in [0.1, 0.15) is 41.9 Å². The molecule has 0 aliphatic heterocycles. The van der Waals surface area contributed by atoms with Crippen LogP contribution in [0.4, 0.5) is 5.69 Å². The molecule has 5 nitrogen and oxygen atoms in total. The third-order valence-electron chi connectivity index (χ3n) is 4.81. The molecule has 6 heteroatoms. The van der Waals surface area contributed by atoms with Gasteiger partial charge in [0, 0.05) is 34.1 Å². The number of anilines is 1. The van der Waals surface area contributed by atoms with Gasteiger partial charge in [0.2, 0.25) is 5.91 Å². The molecular weight excluding hydrogens is 376 g/mol. The van der Waals surface area contributed by atoms with Crippen LogP contribution in [0.3, 0.4) is 0 Å². The number of carbonyl (C=O) groups excluding carboxylic acids is 2. The molecule has 1 atom stereocenters. The Morgan fingerprint density at radius 1 is 1.18 bits per heavy atom. The number of amides is 2. The summed E-state index contributed by atoms with van der Waals surface area (Å²) in [4.78, 5) is 24.6. The fourth-order valence-corrected chi connectivity index (χ4v) is 3.05. The number of benzene rings is 2. The van der Waals surface area contributed by atoms with Crippen molar-refractivity contribution >= 4 is 40.1 Å².